The molecule has 0 aromatic carbocycles. The molecule has 19 heavy (non-hydrogen) atoms. The molecule has 6 nitrogen and oxygen atoms in total. The molecule has 0 saturated carbocycles. The highest BCUT2D eigenvalue weighted by Gasteiger charge is 2.14. The molecular weight excluding hydrogens is 246 g/mol. The van der Waals surface area contributed by atoms with Crippen LogP contribution in [0.25, 0.3) is 6.08 Å². The fourth-order valence-electron chi connectivity index (χ4n) is 1.25. The minimum Gasteiger partial charge on any atom is -0.444 e. The Hall–Kier alpha value is -2.11. The highest BCUT2D eigenvalue weighted by Crippen LogP contribution is 2.06. The lowest BCUT2D eigenvalue weighted by Gasteiger charge is -2.19. The third kappa shape index (κ3) is 7.03. The number of H-pyrrole nitrogens is 1. The number of hydrogen-bond donors (Lipinski definition) is 2. The van der Waals surface area contributed by atoms with Gasteiger partial charge in [0.2, 0.25) is 0 Å². The van der Waals surface area contributed by atoms with Crippen LogP contribution in [0.1, 0.15) is 32.9 Å². The first-order valence-corrected chi connectivity index (χ1v) is 6.05. The van der Waals surface area contributed by atoms with Gasteiger partial charge >= 0.3 is 6.09 Å². The van der Waals surface area contributed by atoms with Crippen molar-refractivity contribution in [2.45, 2.75) is 32.8 Å². The zero-order valence-corrected chi connectivity index (χ0v) is 11.4. The van der Waals surface area contributed by atoms with Gasteiger partial charge in [-0.05, 0) is 33.3 Å². The maximum absolute atomic E-state index is 11.3. The highest BCUT2D eigenvalue weighted by atomic mass is 16.6. The van der Waals surface area contributed by atoms with Gasteiger partial charge in [0.1, 0.15) is 5.60 Å². The topological polar surface area (TPSA) is 84.1 Å². The predicted octanol–water partition coefficient (Wildman–Crippen LogP) is 1.70. The molecule has 104 valence electrons. The molecule has 0 unspecified atom stereocenters. The van der Waals surface area contributed by atoms with Crippen LogP contribution in [0.15, 0.2) is 23.3 Å². The largest absolute Gasteiger partial charge is 0.444 e. The van der Waals surface area contributed by atoms with Crippen LogP contribution in [0.5, 0.6) is 0 Å². The summed E-state index contributed by atoms with van der Waals surface area (Å²) in [5.41, 5.74) is -0.0999. The van der Waals surface area contributed by atoms with Gasteiger partial charge in [-0.15, -0.1) is 0 Å². The number of amides is 1. The van der Waals surface area contributed by atoms with Crippen molar-refractivity contribution in [3.63, 3.8) is 0 Å². The smallest absolute Gasteiger partial charge is 0.407 e. The minimum atomic E-state index is -0.491. The maximum atomic E-state index is 11.3. The molecule has 6 heteroatoms. The van der Waals surface area contributed by atoms with Crippen molar-refractivity contribution in [3.05, 3.63) is 34.5 Å². The molecule has 0 saturated heterocycles. The lowest BCUT2D eigenvalue weighted by atomic mass is 10.2. The zero-order valence-electron chi connectivity index (χ0n) is 11.4. The van der Waals surface area contributed by atoms with Gasteiger partial charge in [0.15, 0.2) is 0 Å². The summed E-state index contributed by atoms with van der Waals surface area (Å²) in [6.07, 6.45) is 5.11. The Bertz CT molecular complexity index is 500. The summed E-state index contributed by atoms with van der Waals surface area (Å²) < 4.78 is 5.09. The monoisotopic (exact) mass is 265 g/mol. The second-order valence-electron chi connectivity index (χ2n) is 4.96. The molecule has 2 N–H and O–H groups in total. The maximum Gasteiger partial charge on any atom is 0.407 e. The van der Waals surface area contributed by atoms with E-state index in [1.54, 1.807) is 6.08 Å². The average Bonchev–Trinajstić information content (AvgIpc) is 2.26. The van der Waals surface area contributed by atoms with E-state index in [-0.39, 0.29) is 5.56 Å². The average molecular weight is 265 g/mol. The van der Waals surface area contributed by atoms with Crippen molar-refractivity contribution in [1.82, 2.24) is 15.3 Å². The van der Waals surface area contributed by atoms with Gasteiger partial charge in [-0.3, -0.25) is 4.79 Å². The third-order valence-electron chi connectivity index (χ3n) is 1.97. The number of aromatic amines is 1. The molecule has 0 radical (unpaired) electrons. The molecular formula is C13H19N3O3. The van der Waals surface area contributed by atoms with Gasteiger partial charge in [-0.1, -0.05) is 6.08 Å². The van der Waals surface area contributed by atoms with Gasteiger partial charge < -0.3 is 15.0 Å². The van der Waals surface area contributed by atoms with Crippen molar-refractivity contribution >= 4 is 12.2 Å². The van der Waals surface area contributed by atoms with Gasteiger partial charge in [-0.2, -0.15) is 0 Å². The molecule has 1 aromatic rings. The van der Waals surface area contributed by atoms with Crippen molar-refractivity contribution in [2.75, 3.05) is 6.54 Å². The van der Waals surface area contributed by atoms with E-state index in [4.69, 9.17) is 4.74 Å². The Morgan fingerprint density at radius 3 is 2.89 bits per heavy atom. The number of ether oxygens (including phenoxy) is 1. The van der Waals surface area contributed by atoms with E-state index in [9.17, 15) is 9.59 Å². The second kappa shape index (κ2) is 6.72. The van der Waals surface area contributed by atoms with Crippen LogP contribution in [-0.4, -0.2) is 28.2 Å². The van der Waals surface area contributed by atoms with E-state index in [2.05, 4.69) is 15.3 Å². The highest BCUT2D eigenvalue weighted by molar-refractivity contribution is 5.67. The third-order valence-corrected chi connectivity index (χ3v) is 1.97. The molecule has 1 rings (SSSR count). The molecule has 0 atom stereocenters. The van der Waals surface area contributed by atoms with Gasteiger partial charge in [0.25, 0.3) is 5.56 Å². The van der Waals surface area contributed by atoms with Gasteiger partial charge in [0, 0.05) is 12.6 Å². The molecule has 0 spiro atoms. The first-order valence-electron chi connectivity index (χ1n) is 6.05. The molecule has 0 fully saturated rings. The van der Waals surface area contributed by atoms with Crippen LogP contribution in [0.3, 0.4) is 0 Å². The summed E-state index contributed by atoms with van der Waals surface area (Å²) in [4.78, 5) is 28.7. The summed E-state index contributed by atoms with van der Waals surface area (Å²) in [5.74, 6) is 0. The predicted molar refractivity (Wildman–Crippen MR) is 72.7 cm³/mol. The van der Waals surface area contributed by atoms with Crippen LogP contribution in [-0.2, 0) is 4.74 Å². The van der Waals surface area contributed by atoms with Crippen LogP contribution >= 0.6 is 0 Å². The van der Waals surface area contributed by atoms with Crippen molar-refractivity contribution < 1.29 is 9.53 Å². The van der Waals surface area contributed by atoms with Crippen LogP contribution < -0.4 is 10.9 Å². The summed E-state index contributed by atoms with van der Waals surface area (Å²) in [6, 6.07) is 1.40. The molecule has 0 bridgehead atoms. The standard InChI is InChI=1S/C13H19N3O3/c1-13(2,3)19-12(18)14-7-5-4-6-10-8-11(17)16-9-15-10/h4,6,8-9H,5,7H2,1-3H3,(H,14,18)(H,15,16,17)/b6-4+. The molecule has 0 aliphatic rings. The number of carbonyl (C=O) groups is 1. The quantitative estimate of drug-likeness (QED) is 0.811. The summed E-state index contributed by atoms with van der Waals surface area (Å²) in [7, 11) is 0. The number of nitrogens with one attached hydrogen (secondary N) is 2. The van der Waals surface area contributed by atoms with E-state index in [0.717, 1.165) is 0 Å². The Balaban J connectivity index is 2.28. The molecule has 0 aliphatic heterocycles. The van der Waals surface area contributed by atoms with Crippen molar-refractivity contribution in [3.8, 4) is 0 Å². The summed E-state index contributed by atoms with van der Waals surface area (Å²) in [5, 5.41) is 2.64. The summed E-state index contributed by atoms with van der Waals surface area (Å²) in [6.45, 7) is 5.90. The van der Waals surface area contributed by atoms with Gasteiger partial charge in [0.05, 0.1) is 12.0 Å². The first kappa shape index (κ1) is 14.9. The Labute approximate surface area is 111 Å². The normalized spacial score (nSPS) is 11.5. The van der Waals surface area contributed by atoms with Crippen LogP contribution in [0.4, 0.5) is 4.79 Å². The van der Waals surface area contributed by atoms with Crippen molar-refractivity contribution in [2.24, 2.45) is 0 Å². The van der Waals surface area contributed by atoms with Crippen LogP contribution in [0.2, 0.25) is 0 Å². The summed E-state index contributed by atoms with van der Waals surface area (Å²) >= 11 is 0. The Kier molecular flexibility index (Phi) is 5.29. The number of nitrogens with zero attached hydrogens (tertiary/aromatic N) is 1. The molecule has 0 aliphatic carbocycles. The van der Waals surface area contributed by atoms with Crippen LogP contribution in [0, 0.1) is 0 Å². The Morgan fingerprint density at radius 2 is 2.26 bits per heavy atom. The fourth-order valence-corrected chi connectivity index (χ4v) is 1.25. The van der Waals surface area contributed by atoms with E-state index in [0.29, 0.717) is 18.7 Å². The van der Waals surface area contributed by atoms with Gasteiger partial charge in [-0.25, -0.2) is 9.78 Å². The number of aromatic nitrogens is 2. The second-order valence-corrected chi connectivity index (χ2v) is 4.96. The molecule has 1 amide bonds. The molecule has 1 aromatic heterocycles. The number of rotatable bonds is 4. The van der Waals surface area contributed by atoms with E-state index in [1.807, 2.05) is 26.8 Å². The number of hydrogen-bond acceptors (Lipinski definition) is 4. The number of carbonyl (C=O) groups excluding carboxylic acids is 1. The van der Waals surface area contributed by atoms with E-state index in [1.165, 1.54) is 12.4 Å². The van der Waals surface area contributed by atoms with E-state index >= 15 is 0 Å². The minimum absolute atomic E-state index is 0.193. The SMILES string of the molecule is CC(C)(C)OC(=O)NCC/C=C/c1cc(=O)[nH]cn1. The fraction of sp³-hybridized carbons (Fsp3) is 0.462. The molecule has 1 heterocycles. The lowest BCUT2D eigenvalue weighted by molar-refractivity contribution is 0.0529. The first-order chi connectivity index (χ1) is 8.87. The van der Waals surface area contributed by atoms with E-state index < -0.39 is 11.7 Å². The lowest BCUT2D eigenvalue weighted by Crippen LogP contribution is -2.32. The van der Waals surface area contributed by atoms with Crippen molar-refractivity contribution in [1.29, 1.82) is 0 Å². The Morgan fingerprint density at radius 1 is 1.53 bits per heavy atom. The zero-order chi connectivity index (χ0) is 14.3. The number of alkyl carbamates (subject to hydrolysis) is 1.